The van der Waals surface area contributed by atoms with E-state index in [0.717, 1.165) is 28.9 Å². The molecule has 1 aromatic rings. The van der Waals surface area contributed by atoms with Gasteiger partial charge < -0.3 is 15.2 Å². The van der Waals surface area contributed by atoms with E-state index in [2.05, 4.69) is 35.1 Å². The van der Waals surface area contributed by atoms with E-state index in [1.165, 1.54) is 0 Å². The van der Waals surface area contributed by atoms with Crippen molar-refractivity contribution in [3.63, 3.8) is 0 Å². The highest BCUT2D eigenvalue weighted by Crippen LogP contribution is 2.28. The lowest BCUT2D eigenvalue weighted by Gasteiger charge is -2.14. The van der Waals surface area contributed by atoms with Crippen molar-refractivity contribution in [1.29, 1.82) is 0 Å². The number of para-hydroxylation sites is 1. The Bertz CT molecular complexity index is 342. The fraction of sp³-hybridized carbons (Fsp3) is 0.538. The molecule has 0 bridgehead atoms. The van der Waals surface area contributed by atoms with Crippen molar-refractivity contribution in [2.24, 2.45) is 5.92 Å². The summed E-state index contributed by atoms with van der Waals surface area (Å²) in [6, 6.07) is 5.96. The average Bonchev–Trinajstić information content (AvgIpc) is 2.28. The molecule has 0 amide bonds. The van der Waals surface area contributed by atoms with Gasteiger partial charge in [-0.2, -0.15) is 0 Å². The van der Waals surface area contributed by atoms with Gasteiger partial charge in [0.15, 0.2) is 0 Å². The Morgan fingerprint density at radius 1 is 1.41 bits per heavy atom. The first-order valence-corrected chi connectivity index (χ1v) is 6.66. The first-order chi connectivity index (χ1) is 8.15. The molecule has 0 aliphatic rings. The Labute approximate surface area is 111 Å². The van der Waals surface area contributed by atoms with Gasteiger partial charge in [0.1, 0.15) is 12.4 Å². The summed E-state index contributed by atoms with van der Waals surface area (Å²) < 4.78 is 6.46. The summed E-state index contributed by atoms with van der Waals surface area (Å²) in [5, 5.41) is 12.2. The van der Waals surface area contributed by atoms with Gasteiger partial charge in [0, 0.05) is 12.1 Å². The van der Waals surface area contributed by atoms with Gasteiger partial charge in [0.25, 0.3) is 0 Å². The second-order valence-corrected chi connectivity index (χ2v) is 5.18. The zero-order valence-electron chi connectivity index (χ0n) is 10.4. The summed E-state index contributed by atoms with van der Waals surface area (Å²) >= 11 is 3.46. The van der Waals surface area contributed by atoms with Gasteiger partial charge in [-0.1, -0.05) is 26.0 Å². The standard InChI is InChI=1S/C13H20BrNO2/c1-10(2)8-15-9-11-4-3-5-12(14)13(11)17-7-6-16/h3-5,10,15-16H,6-9H2,1-2H3. The highest BCUT2D eigenvalue weighted by atomic mass is 79.9. The molecule has 17 heavy (non-hydrogen) atoms. The summed E-state index contributed by atoms with van der Waals surface area (Å²) in [6.07, 6.45) is 0. The van der Waals surface area contributed by atoms with E-state index in [0.29, 0.717) is 12.5 Å². The summed E-state index contributed by atoms with van der Waals surface area (Å²) in [5.41, 5.74) is 1.11. The molecule has 0 saturated heterocycles. The molecule has 0 unspecified atom stereocenters. The van der Waals surface area contributed by atoms with Crippen LogP contribution in [0, 0.1) is 5.92 Å². The Morgan fingerprint density at radius 3 is 2.82 bits per heavy atom. The predicted octanol–water partition coefficient (Wildman–Crippen LogP) is 2.57. The number of benzene rings is 1. The van der Waals surface area contributed by atoms with E-state index in [1.807, 2.05) is 18.2 Å². The van der Waals surface area contributed by atoms with Crippen LogP contribution in [0.4, 0.5) is 0 Å². The lowest BCUT2D eigenvalue weighted by atomic mass is 10.2. The fourth-order valence-corrected chi connectivity index (χ4v) is 2.02. The smallest absolute Gasteiger partial charge is 0.138 e. The van der Waals surface area contributed by atoms with Crippen LogP contribution in [0.15, 0.2) is 22.7 Å². The summed E-state index contributed by atoms with van der Waals surface area (Å²) in [7, 11) is 0. The van der Waals surface area contributed by atoms with Crippen LogP contribution in [-0.2, 0) is 6.54 Å². The Kier molecular flexibility index (Phi) is 6.55. The molecule has 1 rings (SSSR count). The topological polar surface area (TPSA) is 41.5 Å². The minimum Gasteiger partial charge on any atom is -0.490 e. The maximum Gasteiger partial charge on any atom is 0.138 e. The molecule has 0 aliphatic carbocycles. The van der Waals surface area contributed by atoms with Crippen molar-refractivity contribution in [1.82, 2.24) is 5.32 Å². The number of hydrogen-bond donors (Lipinski definition) is 2. The predicted molar refractivity (Wildman–Crippen MR) is 73.3 cm³/mol. The molecular formula is C13H20BrNO2. The first kappa shape index (κ1) is 14.5. The fourth-order valence-electron chi connectivity index (χ4n) is 1.50. The van der Waals surface area contributed by atoms with E-state index in [1.54, 1.807) is 0 Å². The molecule has 0 spiro atoms. The van der Waals surface area contributed by atoms with Gasteiger partial charge in [-0.05, 0) is 34.5 Å². The zero-order valence-corrected chi connectivity index (χ0v) is 12.0. The summed E-state index contributed by atoms with van der Waals surface area (Å²) in [6.45, 7) is 6.46. The normalized spacial score (nSPS) is 10.9. The van der Waals surface area contributed by atoms with Crippen LogP contribution in [0.3, 0.4) is 0 Å². The number of nitrogens with one attached hydrogen (secondary N) is 1. The Morgan fingerprint density at radius 2 is 2.18 bits per heavy atom. The molecule has 96 valence electrons. The van der Waals surface area contributed by atoms with Crippen molar-refractivity contribution in [3.05, 3.63) is 28.2 Å². The third-order valence-electron chi connectivity index (χ3n) is 2.25. The maximum absolute atomic E-state index is 8.80. The van der Waals surface area contributed by atoms with Gasteiger partial charge in [0.05, 0.1) is 11.1 Å². The molecule has 1 aromatic carbocycles. The zero-order chi connectivity index (χ0) is 12.7. The molecule has 0 radical (unpaired) electrons. The first-order valence-electron chi connectivity index (χ1n) is 5.87. The summed E-state index contributed by atoms with van der Waals surface area (Å²) in [5.74, 6) is 1.45. The third kappa shape index (κ3) is 5.06. The SMILES string of the molecule is CC(C)CNCc1cccc(Br)c1OCCO. The van der Waals surface area contributed by atoms with E-state index >= 15 is 0 Å². The number of aliphatic hydroxyl groups is 1. The number of ether oxygens (including phenoxy) is 1. The lowest BCUT2D eigenvalue weighted by Crippen LogP contribution is -2.19. The molecule has 0 heterocycles. The van der Waals surface area contributed by atoms with Crippen LogP contribution >= 0.6 is 15.9 Å². The van der Waals surface area contributed by atoms with Crippen molar-refractivity contribution < 1.29 is 9.84 Å². The van der Waals surface area contributed by atoms with E-state index < -0.39 is 0 Å². The number of rotatable bonds is 7. The average molecular weight is 302 g/mol. The molecule has 0 aromatic heterocycles. The lowest BCUT2D eigenvalue weighted by molar-refractivity contribution is 0.199. The summed E-state index contributed by atoms with van der Waals surface area (Å²) in [4.78, 5) is 0. The van der Waals surface area contributed by atoms with Crippen LogP contribution in [0.5, 0.6) is 5.75 Å². The Hall–Kier alpha value is -0.580. The highest BCUT2D eigenvalue weighted by molar-refractivity contribution is 9.10. The van der Waals surface area contributed by atoms with Crippen LogP contribution < -0.4 is 10.1 Å². The van der Waals surface area contributed by atoms with Gasteiger partial charge >= 0.3 is 0 Å². The quantitative estimate of drug-likeness (QED) is 0.813. The van der Waals surface area contributed by atoms with Crippen LogP contribution in [0.2, 0.25) is 0 Å². The number of halogens is 1. The molecule has 0 aliphatic heterocycles. The molecule has 0 fully saturated rings. The molecule has 0 atom stereocenters. The molecule has 0 saturated carbocycles. The highest BCUT2D eigenvalue weighted by Gasteiger charge is 2.07. The third-order valence-corrected chi connectivity index (χ3v) is 2.88. The van der Waals surface area contributed by atoms with Crippen molar-refractivity contribution in [3.8, 4) is 5.75 Å². The number of aliphatic hydroxyl groups excluding tert-OH is 1. The van der Waals surface area contributed by atoms with Crippen LogP contribution in [0.1, 0.15) is 19.4 Å². The minimum absolute atomic E-state index is 0.0280. The van der Waals surface area contributed by atoms with Crippen molar-refractivity contribution in [2.75, 3.05) is 19.8 Å². The minimum atomic E-state index is 0.0280. The van der Waals surface area contributed by atoms with Crippen LogP contribution in [-0.4, -0.2) is 24.9 Å². The Balaban J connectivity index is 2.65. The van der Waals surface area contributed by atoms with Crippen molar-refractivity contribution in [2.45, 2.75) is 20.4 Å². The molecule has 3 nitrogen and oxygen atoms in total. The van der Waals surface area contributed by atoms with E-state index in [-0.39, 0.29) is 6.61 Å². The van der Waals surface area contributed by atoms with Gasteiger partial charge in [-0.25, -0.2) is 0 Å². The van der Waals surface area contributed by atoms with Gasteiger partial charge in [0.2, 0.25) is 0 Å². The number of hydrogen-bond acceptors (Lipinski definition) is 3. The van der Waals surface area contributed by atoms with Crippen LogP contribution in [0.25, 0.3) is 0 Å². The molecular weight excluding hydrogens is 282 g/mol. The molecule has 4 heteroatoms. The van der Waals surface area contributed by atoms with Crippen molar-refractivity contribution >= 4 is 15.9 Å². The van der Waals surface area contributed by atoms with Gasteiger partial charge in [-0.3, -0.25) is 0 Å². The van der Waals surface area contributed by atoms with E-state index in [9.17, 15) is 0 Å². The maximum atomic E-state index is 8.80. The van der Waals surface area contributed by atoms with Gasteiger partial charge in [-0.15, -0.1) is 0 Å². The largest absolute Gasteiger partial charge is 0.490 e. The monoisotopic (exact) mass is 301 g/mol. The second-order valence-electron chi connectivity index (χ2n) is 4.32. The van der Waals surface area contributed by atoms with E-state index in [4.69, 9.17) is 9.84 Å². The second kappa shape index (κ2) is 7.69. The molecule has 2 N–H and O–H groups in total.